The highest BCUT2D eigenvalue weighted by Gasteiger charge is 2.45. The lowest BCUT2D eigenvalue weighted by molar-refractivity contribution is 0.157. The predicted octanol–water partition coefficient (Wildman–Crippen LogP) is 4.47. The van der Waals surface area contributed by atoms with E-state index in [0.717, 1.165) is 5.56 Å². The minimum absolute atomic E-state index is 0.0146. The van der Waals surface area contributed by atoms with Gasteiger partial charge in [-0.3, -0.25) is 4.18 Å². The van der Waals surface area contributed by atoms with Crippen molar-refractivity contribution < 1.29 is 30.2 Å². The van der Waals surface area contributed by atoms with Crippen molar-refractivity contribution >= 4 is 10.1 Å². The van der Waals surface area contributed by atoms with Gasteiger partial charge >= 0.3 is 0 Å². The molecule has 3 aliphatic carbocycles. The van der Waals surface area contributed by atoms with E-state index in [2.05, 4.69) is 0 Å². The van der Waals surface area contributed by atoms with E-state index >= 15 is 0 Å². The second-order valence-electron chi connectivity index (χ2n) is 6.74. The number of benzene rings is 2. The highest BCUT2D eigenvalue weighted by molar-refractivity contribution is 7.86. The zero-order valence-corrected chi connectivity index (χ0v) is 14.9. The van der Waals surface area contributed by atoms with Gasteiger partial charge in [-0.1, -0.05) is 29.8 Å². The molecule has 0 unspecified atom stereocenters. The summed E-state index contributed by atoms with van der Waals surface area (Å²) in [7, 11) is -4.16. The minimum Gasteiger partial charge on any atom is -0.262 e. The van der Waals surface area contributed by atoms with E-state index in [0.29, 0.717) is 0 Å². The Morgan fingerprint density at radius 3 is 2.11 bits per heavy atom. The summed E-state index contributed by atoms with van der Waals surface area (Å²) in [4.78, 5) is -0.0734. The summed E-state index contributed by atoms with van der Waals surface area (Å²) < 4.78 is 86.1. The molecule has 8 heteroatoms. The number of allylic oxidation sites excluding steroid dienone is 1. The molecule has 2 aromatic rings. The molecule has 0 amide bonds. The lowest BCUT2D eigenvalue weighted by Gasteiger charge is -2.39. The molecule has 0 saturated heterocycles. The van der Waals surface area contributed by atoms with Crippen molar-refractivity contribution in [1.29, 1.82) is 0 Å². The molecule has 0 aliphatic heterocycles. The van der Waals surface area contributed by atoms with Gasteiger partial charge in [0.05, 0.1) is 11.0 Å². The molecule has 0 radical (unpaired) electrons. The average Bonchev–Trinajstić information content (AvgIpc) is 2.64. The van der Waals surface area contributed by atoms with E-state index in [1.54, 1.807) is 19.1 Å². The molecule has 0 saturated carbocycles. The Kier molecular flexibility index (Phi) is 4.16. The normalized spacial score (nSPS) is 23.5. The average molecular weight is 398 g/mol. The van der Waals surface area contributed by atoms with Crippen molar-refractivity contribution in [2.24, 2.45) is 0 Å². The summed E-state index contributed by atoms with van der Waals surface area (Å²) in [6.07, 6.45) is 1.95. The second-order valence-corrected chi connectivity index (χ2v) is 8.31. The van der Waals surface area contributed by atoms with Gasteiger partial charge in [-0.05, 0) is 25.5 Å². The summed E-state index contributed by atoms with van der Waals surface area (Å²) in [5.41, 5.74) is 0.207. The van der Waals surface area contributed by atoms with Crippen molar-refractivity contribution in [3.8, 4) is 0 Å². The maximum atomic E-state index is 14.3. The summed E-state index contributed by atoms with van der Waals surface area (Å²) in [5, 5.41) is 0. The van der Waals surface area contributed by atoms with Gasteiger partial charge in [-0.15, -0.1) is 0 Å². The van der Waals surface area contributed by atoms with E-state index in [-0.39, 0.29) is 22.4 Å². The fourth-order valence-electron chi connectivity index (χ4n) is 3.73. The highest BCUT2D eigenvalue weighted by Crippen LogP contribution is 2.49. The Hall–Kier alpha value is -2.19. The van der Waals surface area contributed by atoms with E-state index in [9.17, 15) is 26.0 Å². The molecule has 0 N–H and O–H groups in total. The number of rotatable bonds is 3. The van der Waals surface area contributed by atoms with Crippen molar-refractivity contribution in [1.82, 2.24) is 0 Å². The molecule has 3 aliphatic rings. The van der Waals surface area contributed by atoms with E-state index in [1.807, 2.05) is 0 Å². The Morgan fingerprint density at radius 1 is 0.889 bits per heavy atom. The van der Waals surface area contributed by atoms with Crippen molar-refractivity contribution in [2.75, 3.05) is 0 Å². The summed E-state index contributed by atoms with van der Waals surface area (Å²) in [5.74, 6) is -8.56. The Balaban J connectivity index is 1.73. The molecule has 0 spiro atoms. The first-order chi connectivity index (χ1) is 12.7. The van der Waals surface area contributed by atoms with Crippen LogP contribution in [-0.4, -0.2) is 14.5 Å². The zero-order valence-electron chi connectivity index (χ0n) is 14.0. The van der Waals surface area contributed by atoms with Crippen LogP contribution in [0.4, 0.5) is 17.6 Å². The zero-order chi connectivity index (χ0) is 19.5. The van der Waals surface area contributed by atoms with Crippen LogP contribution in [0.2, 0.25) is 0 Å². The van der Waals surface area contributed by atoms with Crippen LogP contribution in [0, 0.1) is 30.2 Å². The van der Waals surface area contributed by atoms with Gasteiger partial charge < -0.3 is 0 Å². The first-order valence-corrected chi connectivity index (χ1v) is 9.65. The van der Waals surface area contributed by atoms with Crippen LogP contribution in [0.25, 0.3) is 0 Å². The van der Waals surface area contributed by atoms with Crippen molar-refractivity contribution in [2.45, 2.75) is 36.2 Å². The van der Waals surface area contributed by atoms with E-state index < -0.39 is 51.3 Å². The minimum atomic E-state index is -4.16. The third kappa shape index (κ3) is 2.78. The first kappa shape index (κ1) is 18.2. The van der Waals surface area contributed by atoms with Crippen LogP contribution >= 0.6 is 0 Å². The van der Waals surface area contributed by atoms with E-state index in [4.69, 9.17) is 4.18 Å². The quantitative estimate of drug-likeness (QED) is 0.252. The van der Waals surface area contributed by atoms with Gasteiger partial charge in [-0.25, -0.2) is 17.6 Å². The van der Waals surface area contributed by atoms with Gasteiger partial charge in [0.1, 0.15) is 0 Å². The van der Waals surface area contributed by atoms with Gasteiger partial charge in [0, 0.05) is 23.0 Å². The Morgan fingerprint density at radius 2 is 1.48 bits per heavy atom. The van der Waals surface area contributed by atoms with Crippen molar-refractivity contribution in [3.05, 3.63) is 76.4 Å². The molecule has 3 atom stereocenters. The standard InChI is InChI=1S/C19H14F4O3S/c1-9-2-5-11(6-3-9)27(24,25)26-13-8-10-4-7-12(13)15-14(10)16(20)18(22)19(23)17(15)21/h2-7,10,12-13H,8H2,1H3/t10-,12-,13+/m0/s1. The number of hydrogen-bond donors (Lipinski definition) is 0. The van der Waals surface area contributed by atoms with Gasteiger partial charge in [0.2, 0.25) is 0 Å². The number of fused-ring (bicyclic) bond motifs is 1. The fourth-order valence-corrected chi connectivity index (χ4v) is 4.83. The number of halogens is 4. The topological polar surface area (TPSA) is 43.4 Å². The van der Waals surface area contributed by atoms with Gasteiger partial charge in [0.25, 0.3) is 10.1 Å². The second kappa shape index (κ2) is 6.17. The number of hydrogen-bond acceptors (Lipinski definition) is 3. The van der Waals surface area contributed by atoms with Crippen LogP contribution in [0.1, 0.15) is 34.9 Å². The smallest absolute Gasteiger partial charge is 0.262 e. The summed E-state index contributed by atoms with van der Waals surface area (Å²) in [6, 6.07) is 5.97. The van der Waals surface area contributed by atoms with Gasteiger partial charge in [-0.2, -0.15) is 8.42 Å². The predicted molar refractivity (Wildman–Crippen MR) is 88.8 cm³/mol. The van der Waals surface area contributed by atoms with Crippen LogP contribution < -0.4 is 0 Å². The summed E-state index contributed by atoms with van der Waals surface area (Å²) >= 11 is 0. The SMILES string of the molecule is Cc1ccc(S(=O)(=O)O[C@@H]2C[C@@H]3C=C[C@@H]2c2c(F)c(F)c(F)c(F)c23)cc1. The molecule has 2 bridgehead atoms. The third-order valence-corrected chi connectivity index (χ3v) is 6.39. The molecule has 0 heterocycles. The van der Waals surface area contributed by atoms with Crippen molar-refractivity contribution in [3.63, 3.8) is 0 Å². The maximum absolute atomic E-state index is 14.3. The Labute approximate surface area is 153 Å². The first-order valence-electron chi connectivity index (χ1n) is 8.24. The summed E-state index contributed by atoms with van der Waals surface area (Å²) in [6.45, 7) is 1.80. The van der Waals surface area contributed by atoms with Crippen LogP contribution in [0.15, 0.2) is 41.3 Å². The maximum Gasteiger partial charge on any atom is 0.297 e. The molecule has 142 valence electrons. The van der Waals surface area contributed by atoms with Crippen LogP contribution in [-0.2, 0) is 14.3 Å². The van der Waals surface area contributed by atoms with Gasteiger partial charge in [0.15, 0.2) is 23.3 Å². The molecule has 0 aromatic heterocycles. The van der Waals surface area contributed by atoms with E-state index in [1.165, 1.54) is 24.3 Å². The molecule has 27 heavy (non-hydrogen) atoms. The number of aryl methyl sites for hydroxylation is 1. The Bertz CT molecular complexity index is 1060. The molecule has 0 fully saturated rings. The molecular formula is C19H14F4O3S. The monoisotopic (exact) mass is 398 g/mol. The molecule has 3 nitrogen and oxygen atoms in total. The molecule has 2 aromatic carbocycles. The fraction of sp³-hybridized carbons (Fsp3) is 0.263. The van der Waals surface area contributed by atoms with Crippen LogP contribution in [0.5, 0.6) is 0 Å². The largest absolute Gasteiger partial charge is 0.297 e. The third-order valence-electron chi connectivity index (χ3n) is 5.04. The molecule has 5 rings (SSSR count). The highest BCUT2D eigenvalue weighted by atomic mass is 32.2. The van der Waals surface area contributed by atoms with Crippen LogP contribution in [0.3, 0.4) is 0 Å². The molecular weight excluding hydrogens is 384 g/mol. The lowest BCUT2D eigenvalue weighted by atomic mass is 9.69. The lowest BCUT2D eigenvalue weighted by Crippen LogP contribution is -2.36.